The number of nitrogens with zero attached hydrogens (tertiary/aromatic N) is 1. The van der Waals surface area contributed by atoms with Crippen LogP contribution in [-0.4, -0.2) is 24.5 Å². The van der Waals surface area contributed by atoms with E-state index in [9.17, 15) is 0 Å². The number of hydrogen-bond donors (Lipinski definition) is 1. The van der Waals surface area contributed by atoms with Crippen LogP contribution in [0.3, 0.4) is 0 Å². The molecule has 1 aromatic carbocycles. The predicted octanol–water partition coefficient (Wildman–Crippen LogP) is 2.90. The molecule has 0 saturated carbocycles. The lowest BCUT2D eigenvalue weighted by Gasteiger charge is -2.21. The summed E-state index contributed by atoms with van der Waals surface area (Å²) in [6.07, 6.45) is 2.45. The molecule has 0 aliphatic heterocycles. The highest BCUT2D eigenvalue weighted by molar-refractivity contribution is 6.30. The third kappa shape index (κ3) is 4.97. The second-order valence-corrected chi connectivity index (χ2v) is 4.48. The summed E-state index contributed by atoms with van der Waals surface area (Å²) < 4.78 is 0. The van der Waals surface area contributed by atoms with Crippen LogP contribution in [0.5, 0.6) is 0 Å². The van der Waals surface area contributed by atoms with E-state index in [0.717, 1.165) is 31.2 Å². The Morgan fingerprint density at radius 2 is 1.88 bits per heavy atom. The lowest BCUT2D eigenvalue weighted by Crippen LogP contribution is -2.30. The van der Waals surface area contributed by atoms with Gasteiger partial charge in [-0.05, 0) is 30.7 Å². The van der Waals surface area contributed by atoms with Gasteiger partial charge in [-0.25, -0.2) is 0 Å². The molecule has 1 rings (SSSR count). The monoisotopic (exact) mass is 240 g/mol. The number of halogens is 1. The summed E-state index contributed by atoms with van der Waals surface area (Å²) in [7, 11) is 0. The molecule has 0 bridgehead atoms. The highest BCUT2D eigenvalue weighted by Crippen LogP contribution is 2.11. The quantitative estimate of drug-likeness (QED) is 0.794. The molecule has 0 aliphatic carbocycles. The first-order valence-corrected chi connectivity index (χ1v) is 6.31. The van der Waals surface area contributed by atoms with Gasteiger partial charge in [0.2, 0.25) is 0 Å². The van der Waals surface area contributed by atoms with E-state index in [2.05, 4.69) is 24.0 Å². The molecular weight excluding hydrogens is 220 g/mol. The first-order chi connectivity index (χ1) is 7.76. The van der Waals surface area contributed by atoms with Gasteiger partial charge in [-0.1, -0.05) is 37.1 Å². The summed E-state index contributed by atoms with van der Waals surface area (Å²) >= 11 is 5.86. The molecule has 0 unspecified atom stereocenters. The van der Waals surface area contributed by atoms with Crippen LogP contribution in [0.15, 0.2) is 24.3 Å². The normalized spacial score (nSPS) is 11.0. The molecular formula is C13H21ClN2. The summed E-state index contributed by atoms with van der Waals surface area (Å²) in [6.45, 7) is 5.98. The van der Waals surface area contributed by atoms with Crippen LogP contribution >= 0.6 is 11.6 Å². The Morgan fingerprint density at radius 1 is 1.19 bits per heavy atom. The van der Waals surface area contributed by atoms with Crippen molar-refractivity contribution in [1.82, 2.24) is 4.90 Å². The molecule has 0 aromatic heterocycles. The Balaban J connectivity index is 2.49. The molecule has 2 N–H and O–H groups in total. The van der Waals surface area contributed by atoms with Crippen molar-refractivity contribution < 1.29 is 0 Å². The fraction of sp³-hybridized carbons (Fsp3) is 0.538. The fourth-order valence-corrected chi connectivity index (χ4v) is 1.81. The molecule has 1 aromatic rings. The summed E-state index contributed by atoms with van der Waals surface area (Å²) in [6, 6.07) is 8.05. The molecule has 0 amide bonds. The molecule has 0 radical (unpaired) electrons. The average molecular weight is 241 g/mol. The molecule has 0 heterocycles. The van der Waals surface area contributed by atoms with Gasteiger partial charge >= 0.3 is 0 Å². The number of unbranched alkanes of at least 4 members (excludes halogenated alkanes) is 1. The highest BCUT2D eigenvalue weighted by Gasteiger charge is 2.04. The Hall–Kier alpha value is -0.570. The zero-order valence-electron chi connectivity index (χ0n) is 9.95. The lowest BCUT2D eigenvalue weighted by atomic mass is 10.2. The number of nitrogens with two attached hydrogens (primary N) is 1. The van der Waals surface area contributed by atoms with Gasteiger partial charge in [0.15, 0.2) is 0 Å². The van der Waals surface area contributed by atoms with Crippen molar-refractivity contribution in [2.24, 2.45) is 5.73 Å². The smallest absolute Gasteiger partial charge is 0.0406 e. The molecule has 0 spiro atoms. The van der Waals surface area contributed by atoms with E-state index in [1.807, 2.05) is 12.1 Å². The third-order valence-electron chi connectivity index (χ3n) is 2.59. The van der Waals surface area contributed by atoms with Crippen LogP contribution in [0.4, 0.5) is 0 Å². The van der Waals surface area contributed by atoms with Crippen molar-refractivity contribution in [2.45, 2.75) is 26.3 Å². The van der Waals surface area contributed by atoms with Crippen molar-refractivity contribution >= 4 is 11.6 Å². The average Bonchev–Trinajstić information content (AvgIpc) is 2.29. The molecule has 3 heteroatoms. The summed E-state index contributed by atoms with van der Waals surface area (Å²) in [5.74, 6) is 0. The topological polar surface area (TPSA) is 29.3 Å². The van der Waals surface area contributed by atoms with Crippen LogP contribution in [0.25, 0.3) is 0 Å². The maximum Gasteiger partial charge on any atom is 0.0406 e. The second-order valence-electron chi connectivity index (χ2n) is 4.04. The minimum Gasteiger partial charge on any atom is -0.329 e. The first-order valence-electron chi connectivity index (χ1n) is 5.93. The van der Waals surface area contributed by atoms with Crippen molar-refractivity contribution in [2.75, 3.05) is 19.6 Å². The van der Waals surface area contributed by atoms with Gasteiger partial charge < -0.3 is 5.73 Å². The molecule has 90 valence electrons. The van der Waals surface area contributed by atoms with Crippen LogP contribution in [0.2, 0.25) is 5.02 Å². The van der Waals surface area contributed by atoms with Gasteiger partial charge in [-0.15, -0.1) is 0 Å². The standard InChI is InChI=1S/C13H21ClN2/c1-2-3-9-16(10-8-15)11-12-4-6-13(14)7-5-12/h4-7H,2-3,8-11,15H2,1H3. The SMILES string of the molecule is CCCCN(CCN)Cc1ccc(Cl)cc1. The van der Waals surface area contributed by atoms with Gasteiger partial charge in [0.1, 0.15) is 0 Å². The van der Waals surface area contributed by atoms with E-state index in [0.29, 0.717) is 0 Å². The summed E-state index contributed by atoms with van der Waals surface area (Å²) in [5, 5.41) is 0.794. The molecule has 2 nitrogen and oxygen atoms in total. The minimum atomic E-state index is 0.720. The van der Waals surface area contributed by atoms with E-state index in [4.69, 9.17) is 17.3 Å². The van der Waals surface area contributed by atoms with Gasteiger partial charge in [0.25, 0.3) is 0 Å². The Labute approximate surface area is 103 Å². The van der Waals surface area contributed by atoms with Crippen molar-refractivity contribution in [3.8, 4) is 0 Å². The fourth-order valence-electron chi connectivity index (χ4n) is 1.68. The summed E-state index contributed by atoms with van der Waals surface area (Å²) in [5.41, 5.74) is 6.92. The maximum absolute atomic E-state index is 5.86. The zero-order valence-corrected chi connectivity index (χ0v) is 10.7. The van der Waals surface area contributed by atoms with E-state index in [1.165, 1.54) is 18.4 Å². The van der Waals surface area contributed by atoms with Gasteiger partial charge in [0.05, 0.1) is 0 Å². The van der Waals surface area contributed by atoms with Crippen molar-refractivity contribution in [3.63, 3.8) is 0 Å². The number of benzene rings is 1. The lowest BCUT2D eigenvalue weighted by molar-refractivity contribution is 0.268. The number of rotatable bonds is 7. The minimum absolute atomic E-state index is 0.720. The Morgan fingerprint density at radius 3 is 2.44 bits per heavy atom. The Kier molecular flexibility index (Phi) is 6.46. The van der Waals surface area contributed by atoms with E-state index >= 15 is 0 Å². The van der Waals surface area contributed by atoms with E-state index in [-0.39, 0.29) is 0 Å². The third-order valence-corrected chi connectivity index (χ3v) is 2.84. The molecule has 0 aliphatic rings. The van der Waals surface area contributed by atoms with E-state index < -0.39 is 0 Å². The highest BCUT2D eigenvalue weighted by atomic mass is 35.5. The second kappa shape index (κ2) is 7.66. The molecule has 0 atom stereocenters. The van der Waals surface area contributed by atoms with Crippen molar-refractivity contribution in [3.05, 3.63) is 34.9 Å². The Bertz CT molecular complexity index is 284. The van der Waals surface area contributed by atoms with Crippen LogP contribution in [-0.2, 0) is 6.54 Å². The van der Waals surface area contributed by atoms with Crippen LogP contribution in [0, 0.1) is 0 Å². The number of hydrogen-bond acceptors (Lipinski definition) is 2. The van der Waals surface area contributed by atoms with Crippen LogP contribution in [0.1, 0.15) is 25.3 Å². The predicted molar refractivity (Wildman–Crippen MR) is 70.7 cm³/mol. The largest absolute Gasteiger partial charge is 0.329 e. The zero-order chi connectivity index (χ0) is 11.8. The maximum atomic E-state index is 5.86. The molecule has 0 saturated heterocycles. The van der Waals surface area contributed by atoms with Gasteiger partial charge in [-0.2, -0.15) is 0 Å². The van der Waals surface area contributed by atoms with Crippen LogP contribution < -0.4 is 5.73 Å². The summed E-state index contributed by atoms with van der Waals surface area (Å²) in [4.78, 5) is 2.40. The first kappa shape index (κ1) is 13.5. The molecule has 16 heavy (non-hydrogen) atoms. The van der Waals surface area contributed by atoms with Crippen molar-refractivity contribution in [1.29, 1.82) is 0 Å². The molecule has 0 fully saturated rings. The van der Waals surface area contributed by atoms with E-state index in [1.54, 1.807) is 0 Å². The van der Waals surface area contributed by atoms with Gasteiger partial charge in [0, 0.05) is 24.7 Å². The van der Waals surface area contributed by atoms with Gasteiger partial charge in [-0.3, -0.25) is 4.90 Å².